The van der Waals surface area contributed by atoms with Crippen LogP contribution in [0, 0.1) is 23.2 Å². The van der Waals surface area contributed by atoms with Gasteiger partial charge in [-0.25, -0.2) is 14.8 Å². The molecule has 9 nitrogen and oxygen atoms in total. The SMILES string of the molecule is Cn1cc(-c2cnc(C3CCN(C(=O)OC4C5CC6C[C@@H]4C[C@@](C(N)=O)(C6)C5)C3)nc2)ccc1=O. The number of nitrogens with zero attached hydrogens (tertiary/aromatic N) is 4. The molecule has 2 aromatic heterocycles. The Kier molecular flexibility index (Phi) is 5.19. The average Bonchev–Trinajstić information content (AvgIpc) is 3.33. The Morgan fingerprint density at radius 2 is 1.80 bits per heavy atom. The van der Waals surface area contributed by atoms with Gasteiger partial charge in [-0.3, -0.25) is 9.59 Å². The first kappa shape index (κ1) is 22.2. The fraction of sp³-hybridized carbons (Fsp3) is 0.577. The van der Waals surface area contributed by atoms with Crippen LogP contribution in [0.15, 0.2) is 35.5 Å². The summed E-state index contributed by atoms with van der Waals surface area (Å²) in [5.41, 5.74) is 7.06. The van der Waals surface area contributed by atoms with Crippen molar-refractivity contribution < 1.29 is 14.3 Å². The van der Waals surface area contributed by atoms with Crippen LogP contribution in [0.1, 0.15) is 50.3 Å². The van der Waals surface area contributed by atoms with Crippen LogP contribution in [0.5, 0.6) is 0 Å². The quantitative estimate of drug-likeness (QED) is 0.722. The van der Waals surface area contributed by atoms with Gasteiger partial charge in [0.05, 0.1) is 5.41 Å². The van der Waals surface area contributed by atoms with Crippen LogP contribution in [0.25, 0.3) is 11.1 Å². The number of rotatable bonds is 4. The van der Waals surface area contributed by atoms with Crippen molar-refractivity contribution in [2.24, 2.45) is 36.0 Å². The van der Waals surface area contributed by atoms with Gasteiger partial charge in [-0.05, 0) is 62.3 Å². The van der Waals surface area contributed by atoms with E-state index >= 15 is 0 Å². The van der Waals surface area contributed by atoms with Gasteiger partial charge in [0.25, 0.3) is 0 Å². The number of hydrogen-bond acceptors (Lipinski definition) is 6. The molecule has 3 heterocycles. The van der Waals surface area contributed by atoms with E-state index in [-0.39, 0.29) is 46.8 Å². The molecule has 4 aliphatic carbocycles. The minimum atomic E-state index is -0.379. The molecule has 184 valence electrons. The van der Waals surface area contributed by atoms with Gasteiger partial charge >= 0.3 is 6.09 Å². The number of aromatic nitrogens is 3. The molecular formula is C26H31N5O4. The van der Waals surface area contributed by atoms with Crippen molar-refractivity contribution in [3.63, 3.8) is 0 Å². The number of likely N-dealkylation sites (tertiary alicyclic amines) is 1. The number of nitrogens with two attached hydrogens (primary N) is 1. The molecule has 0 spiro atoms. The highest BCUT2D eigenvalue weighted by Gasteiger charge is 2.59. The lowest BCUT2D eigenvalue weighted by Gasteiger charge is -2.58. The van der Waals surface area contributed by atoms with Gasteiger partial charge < -0.3 is 19.9 Å². The molecule has 35 heavy (non-hydrogen) atoms. The van der Waals surface area contributed by atoms with Gasteiger partial charge in [-0.2, -0.15) is 0 Å². The van der Waals surface area contributed by atoms with Crippen molar-refractivity contribution in [2.45, 2.75) is 50.5 Å². The maximum Gasteiger partial charge on any atom is 0.410 e. The molecule has 5 aliphatic rings. The molecule has 1 aliphatic heterocycles. The molecule has 6 atom stereocenters. The summed E-state index contributed by atoms with van der Waals surface area (Å²) in [5, 5.41) is 0. The third kappa shape index (κ3) is 3.81. The molecule has 0 aromatic carbocycles. The largest absolute Gasteiger partial charge is 0.446 e. The number of carbonyl (C=O) groups excluding carboxylic acids is 2. The number of ether oxygens (including phenoxy) is 1. The summed E-state index contributed by atoms with van der Waals surface area (Å²) in [6, 6.07) is 3.30. The molecule has 4 unspecified atom stereocenters. The highest BCUT2D eigenvalue weighted by Crippen LogP contribution is 2.60. The van der Waals surface area contributed by atoms with E-state index in [0.29, 0.717) is 24.8 Å². The third-order valence-electron chi connectivity index (χ3n) is 8.85. The van der Waals surface area contributed by atoms with E-state index in [9.17, 15) is 14.4 Å². The van der Waals surface area contributed by atoms with E-state index < -0.39 is 0 Å². The van der Waals surface area contributed by atoms with Crippen LogP contribution in [0.4, 0.5) is 4.79 Å². The predicted molar refractivity (Wildman–Crippen MR) is 127 cm³/mol. The van der Waals surface area contributed by atoms with Crippen LogP contribution >= 0.6 is 0 Å². The maximum absolute atomic E-state index is 13.1. The van der Waals surface area contributed by atoms with Crippen LogP contribution in [-0.4, -0.2) is 50.6 Å². The lowest BCUT2D eigenvalue weighted by atomic mass is 9.48. The molecule has 2 N–H and O–H groups in total. The number of primary amides is 1. The summed E-state index contributed by atoms with van der Waals surface area (Å²) in [6.07, 6.45) is 10.2. The predicted octanol–water partition coefficient (Wildman–Crippen LogP) is 2.45. The Morgan fingerprint density at radius 1 is 1.09 bits per heavy atom. The van der Waals surface area contributed by atoms with Crippen molar-refractivity contribution in [1.82, 2.24) is 19.4 Å². The highest BCUT2D eigenvalue weighted by molar-refractivity contribution is 5.81. The van der Waals surface area contributed by atoms with Gasteiger partial charge in [-0.15, -0.1) is 0 Å². The molecule has 4 saturated carbocycles. The first-order chi connectivity index (χ1) is 16.8. The first-order valence-corrected chi connectivity index (χ1v) is 12.6. The van der Waals surface area contributed by atoms with Crippen LogP contribution in [0.2, 0.25) is 0 Å². The van der Waals surface area contributed by atoms with E-state index in [2.05, 4.69) is 9.97 Å². The van der Waals surface area contributed by atoms with Gasteiger partial charge in [0.15, 0.2) is 0 Å². The van der Waals surface area contributed by atoms with E-state index in [1.807, 2.05) is 0 Å². The van der Waals surface area contributed by atoms with Crippen molar-refractivity contribution in [2.75, 3.05) is 13.1 Å². The molecule has 2 aromatic rings. The van der Waals surface area contributed by atoms with E-state index in [4.69, 9.17) is 10.5 Å². The molecule has 9 heteroatoms. The average molecular weight is 478 g/mol. The third-order valence-corrected chi connectivity index (χ3v) is 8.85. The lowest BCUT2D eigenvalue weighted by molar-refractivity contribution is -0.161. The lowest BCUT2D eigenvalue weighted by Crippen LogP contribution is -2.59. The van der Waals surface area contributed by atoms with Crippen molar-refractivity contribution in [3.05, 3.63) is 46.9 Å². The summed E-state index contributed by atoms with van der Waals surface area (Å²) in [5.74, 6) is 1.62. The molecule has 7 rings (SSSR count). The molecule has 2 amide bonds. The number of amides is 2. The molecule has 0 radical (unpaired) electrons. The van der Waals surface area contributed by atoms with Gasteiger partial charge in [0.2, 0.25) is 11.5 Å². The van der Waals surface area contributed by atoms with Crippen molar-refractivity contribution in [1.29, 1.82) is 0 Å². The van der Waals surface area contributed by atoms with Crippen molar-refractivity contribution >= 4 is 12.0 Å². The zero-order chi connectivity index (χ0) is 24.3. The molecule has 5 fully saturated rings. The molecule has 4 bridgehead atoms. The topological polar surface area (TPSA) is 120 Å². The van der Waals surface area contributed by atoms with E-state index in [0.717, 1.165) is 49.7 Å². The zero-order valence-electron chi connectivity index (χ0n) is 19.9. The normalized spacial score (nSPS) is 33.2. The summed E-state index contributed by atoms with van der Waals surface area (Å²) in [7, 11) is 1.71. The highest BCUT2D eigenvalue weighted by atomic mass is 16.6. The maximum atomic E-state index is 13.1. The monoisotopic (exact) mass is 477 g/mol. The van der Waals surface area contributed by atoms with Crippen LogP contribution < -0.4 is 11.3 Å². The second-order valence-corrected chi connectivity index (χ2v) is 11.1. The van der Waals surface area contributed by atoms with Crippen molar-refractivity contribution in [3.8, 4) is 11.1 Å². The minimum Gasteiger partial charge on any atom is -0.446 e. The van der Waals surface area contributed by atoms with Gasteiger partial charge in [0.1, 0.15) is 11.9 Å². The van der Waals surface area contributed by atoms with Crippen LogP contribution in [-0.2, 0) is 16.6 Å². The van der Waals surface area contributed by atoms with Gasteiger partial charge in [-0.1, -0.05) is 0 Å². The van der Waals surface area contributed by atoms with Crippen LogP contribution in [0.3, 0.4) is 0 Å². The number of aryl methyl sites for hydroxylation is 1. The zero-order valence-corrected chi connectivity index (χ0v) is 19.9. The summed E-state index contributed by atoms with van der Waals surface area (Å²) in [6.45, 7) is 1.15. The number of pyridine rings is 1. The number of hydrogen-bond donors (Lipinski definition) is 1. The molecular weight excluding hydrogens is 446 g/mol. The fourth-order valence-electron chi connectivity index (χ4n) is 7.26. The Balaban J connectivity index is 1.09. The fourth-order valence-corrected chi connectivity index (χ4v) is 7.26. The second kappa shape index (κ2) is 8.17. The molecule has 1 saturated heterocycles. The summed E-state index contributed by atoms with van der Waals surface area (Å²) in [4.78, 5) is 47.8. The van der Waals surface area contributed by atoms with Gasteiger partial charge in [0, 0.05) is 61.8 Å². The summed E-state index contributed by atoms with van der Waals surface area (Å²) < 4.78 is 7.61. The standard InChI is InChI=1S/C26H31N5O4/c1-30-13-16(2-3-21(30)32)20-11-28-23(29-12-20)17-4-5-31(14-17)25(34)35-22-18-6-15-7-19(22)10-26(8-15,9-18)24(27)33/h2-3,11-13,15,17-19,22H,4-10,14H2,1H3,(H2,27,33)/t15?,17?,18-,19?,22?,26+/m1/s1. The van der Waals surface area contributed by atoms with E-state index in [1.54, 1.807) is 36.6 Å². The number of carbonyl (C=O) groups is 2. The smallest absolute Gasteiger partial charge is 0.410 e. The second-order valence-electron chi connectivity index (χ2n) is 11.1. The Morgan fingerprint density at radius 3 is 2.46 bits per heavy atom. The Bertz CT molecular complexity index is 1210. The Labute approximate surface area is 203 Å². The minimum absolute atomic E-state index is 0.0633. The van der Waals surface area contributed by atoms with E-state index in [1.165, 1.54) is 10.6 Å². The first-order valence-electron chi connectivity index (χ1n) is 12.6. The summed E-state index contributed by atoms with van der Waals surface area (Å²) >= 11 is 0. The Hall–Kier alpha value is -3.23.